The van der Waals surface area contributed by atoms with E-state index in [-0.39, 0.29) is 44.1 Å². The van der Waals surface area contributed by atoms with Gasteiger partial charge in [0.1, 0.15) is 11.5 Å². The van der Waals surface area contributed by atoms with Gasteiger partial charge in [-0.15, -0.1) is 10.2 Å². The predicted molar refractivity (Wildman–Crippen MR) is 87.0 cm³/mol. The Bertz CT molecular complexity index is 554. The van der Waals surface area contributed by atoms with E-state index in [1.807, 2.05) is 13.8 Å². The summed E-state index contributed by atoms with van der Waals surface area (Å²) >= 11 is 0. The van der Waals surface area contributed by atoms with Crippen LogP contribution in [0.1, 0.15) is 47.0 Å². The first kappa shape index (κ1) is 19.6. The van der Waals surface area contributed by atoms with Crippen LogP contribution in [0.5, 0.6) is 0 Å². The highest BCUT2D eigenvalue weighted by Crippen LogP contribution is 2.23. The molecule has 1 amide bonds. The second kappa shape index (κ2) is 8.99. The van der Waals surface area contributed by atoms with Gasteiger partial charge < -0.3 is 9.47 Å². The summed E-state index contributed by atoms with van der Waals surface area (Å²) in [5, 5.41) is 7.95. The molecule has 0 aromatic heterocycles. The van der Waals surface area contributed by atoms with Crippen LogP contribution in [-0.2, 0) is 23.9 Å². The third-order valence-electron chi connectivity index (χ3n) is 3.22. The molecular formula is C15H24N4O5. The zero-order chi connectivity index (χ0) is 18.2. The van der Waals surface area contributed by atoms with Crippen LogP contribution in [0.25, 0.3) is 0 Å². The molecule has 9 heteroatoms. The molecule has 24 heavy (non-hydrogen) atoms. The van der Waals surface area contributed by atoms with Crippen molar-refractivity contribution < 1.29 is 23.9 Å². The maximum atomic E-state index is 11.9. The number of ether oxygens (including phenoxy) is 2. The van der Waals surface area contributed by atoms with Crippen molar-refractivity contribution in [2.75, 3.05) is 13.2 Å². The predicted octanol–water partition coefficient (Wildman–Crippen LogP) is 0.698. The normalized spacial score (nSPS) is 18.6. The third kappa shape index (κ3) is 5.98. The van der Waals surface area contributed by atoms with Crippen molar-refractivity contribution in [3.05, 3.63) is 0 Å². The van der Waals surface area contributed by atoms with Crippen LogP contribution in [-0.4, -0.2) is 42.6 Å². The second-order valence-corrected chi connectivity index (χ2v) is 5.75. The molecule has 0 unspecified atom stereocenters. The molecule has 9 nitrogen and oxygen atoms in total. The second-order valence-electron chi connectivity index (χ2n) is 5.75. The first-order valence-corrected chi connectivity index (χ1v) is 7.82. The summed E-state index contributed by atoms with van der Waals surface area (Å²) < 4.78 is 9.75. The quantitative estimate of drug-likeness (QED) is 0.400. The highest BCUT2D eigenvalue weighted by atomic mass is 16.5. The van der Waals surface area contributed by atoms with Gasteiger partial charge in [0.15, 0.2) is 0 Å². The number of amidine groups is 1. The summed E-state index contributed by atoms with van der Waals surface area (Å²) in [5.41, 5.74) is 4.60. The van der Waals surface area contributed by atoms with Crippen molar-refractivity contribution in [3.63, 3.8) is 0 Å². The highest BCUT2D eigenvalue weighted by Gasteiger charge is 2.33. The molecule has 0 radical (unpaired) electrons. The van der Waals surface area contributed by atoms with Crippen molar-refractivity contribution in [2.45, 2.75) is 47.0 Å². The minimum absolute atomic E-state index is 0.00387. The molecule has 1 aliphatic rings. The van der Waals surface area contributed by atoms with Gasteiger partial charge in [-0.05, 0) is 13.8 Å². The number of carbonyl (C=O) groups is 3. The smallest absolute Gasteiger partial charge is 0.354 e. The zero-order valence-corrected chi connectivity index (χ0v) is 14.5. The molecule has 1 rings (SSSR count). The SMILES string of the molecule is CCOC(=O)CC/C(=N/N=C1\NNC(=O)CC1(C)C)C(=O)OCC. The van der Waals surface area contributed by atoms with E-state index >= 15 is 0 Å². The third-order valence-corrected chi connectivity index (χ3v) is 3.22. The maximum absolute atomic E-state index is 11.9. The summed E-state index contributed by atoms with van der Waals surface area (Å²) in [6.45, 7) is 7.49. The van der Waals surface area contributed by atoms with Gasteiger partial charge in [-0.1, -0.05) is 13.8 Å². The average Bonchev–Trinajstić information content (AvgIpc) is 2.48. The van der Waals surface area contributed by atoms with E-state index in [0.29, 0.717) is 5.84 Å². The molecule has 0 spiro atoms. The lowest BCUT2D eigenvalue weighted by Crippen LogP contribution is -2.54. The Morgan fingerprint density at radius 3 is 2.38 bits per heavy atom. The summed E-state index contributed by atoms with van der Waals surface area (Å²) in [7, 11) is 0. The fraction of sp³-hybridized carbons (Fsp3) is 0.667. The van der Waals surface area contributed by atoms with Crippen LogP contribution in [0.4, 0.5) is 0 Å². The minimum Gasteiger partial charge on any atom is -0.466 e. The fourth-order valence-corrected chi connectivity index (χ4v) is 1.96. The van der Waals surface area contributed by atoms with Gasteiger partial charge in [0.25, 0.3) is 0 Å². The highest BCUT2D eigenvalue weighted by molar-refractivity contribution is 6.36. The van der Waals surface area contributed by atoms with Crippen molar-refractivity contribution in [2.24, 2.45) is 15.6 Å². The average molecular weight is 340 g/mol. The van der Waals surface area contributed by atoms with Gasteiger partial charge in [-0.25, -0.2) is 4.79 Å². The Hall–Kier alpha value is -2.45. The lowest BCUT2D eigenvalue weighted by atomic mass is 9.86. The molecule has 1 heterocycles. The largest absolute Gasteiger partial charge is 0.466 e. The summed E-state index contributed by atoms with van der Waals surface area (Å²) in [6, 6.07) is 0. The molecule has 0 aromatic rings. The molecular weight excluding hydrogens is 316 g/mol. The van der Waals surface area contributed by atoms with Crippen molar-refractivity contribution in [1.29, 1.82) is 0 Å². The van der Waals surface area contributed by atoms with Gasteiger partial charge in [-0.2, -0.15) is 0 Å². The number of hydrazine groups is 1. The molecule has 1 fully saturated rings. The number of esters is 2. The van der Waals surface area contributed by atoms with E-state index in [0.717, 1.165) is 0 Å². The maximum Gasteiger partial charge on any atom is 0.354 e. The van der Waals surface area contributed by atoms with Gasteiger partial charge in [0, 0.05) is 18.3 Å². The number of hydrogen-bond acceptors (Lipinski definition) is 7. The summed E-state index contributed by atoms with van der Waals surface area (Å²) in [5.74, 6) is -0.801. The first-order chi connectivity index (χ1) is 11.3. The van der Waals surface area contributed by atoms with Crippen LogP contribution < -0.4 is 10.9 Å². The monoisotopic (exact) mass is 340 g/mol. The van der Waals surface area contributed by atoms with Crippen molar-refractivity contribution in [1.82, 2.24) is 10.9 Å². The summed E-state index contributed by atoms with van der Waals surface area (Å²) in [4.78, 5) is 34.8. The number of nitrogens with zero attached hydrogens (tertiary/aromatic N) is 2. The molecule has 0 aromatic carbocycles. The number of nitrogens with one attached hydrogen (secondary N) is 2. The van der Waals surface area contributed by atoms with E-state index in [1.54, 1.807) is 13.8 Å². The van der Waals surface area contributed by atoms with E-state index in [9.17, 15) is 14.4 Å². The molecule has 0 aliphatic carbocycles. The molecule has 1 saturated heterocycles. The Kier molecular flexibility index (Phi) is 7.34. The van der Waals surface area contributed by atoms with Gasteiger partial charge in [0.05, 0.1) is 19.6 Å². The summed E-state index contributed by atoms with van der Waals surface area (Å²) in [6.07, 6.45) is 0.303. The molecule has 2 N–H and O–H groups in total. The van der Waals surface area contributed by atoms with Gasteiger partial charge >= 0.3 is 11.9 Å². The minimum atomic E-state index is -0.635. The number of hydrogen-bond donors (Lipinski definition) is 2. The Balaban J connectivity index is 2.90. The van der Waals surface area contributed by atoms with Crippen LogP contribution in [0, 0.1) is 5.41 Å². The molecule has 1 aliphatic heterocycles. The first-order valence-electron chi connectivity index (χ1n) is 7.82. The number of carbonyl (C=O) groups excluding carboxylic acids is 3. The van der Waals surface area contributed by atoms with Crippen molar-refractivity contribution in [3.8, 4) is 0 Å². The van der Waals surface area contributed by atoms with E-state index in [2.05, 4.69) is 21.1 Å². The molecule has 0 saturated carbocycles. The standard InChI is InChI=1S/C15H24N4O5/c1-5-23-12(21)8-7-10(13(22)24-6-2)16-18-14-15(3,4)9-11(20)17-19-14/h5-9H2,1-4H3,(H,17,20)(H,18,19)/b16-10-. The topological polar surface area (TPSA) is 118 Å². The van der Waals surface area contributed by atoms with Crippen LogP contribution in [0.2, 0.25) is 0 Å². The van der Waals surface area contributed by atoms with Crippen molar-refractivity contribution >= 4 is 29.4 Å². The van der Waals surface area contributed by atoms with Crippen LogP contribution in [0.15, 0.2) is 10.2 Å². The van der Waals surface area contributed by atoms with Crippen LogP contribution >= 0.6 is 0 Å². The number of rotatable bonds is 7. The Morgan fingerprint density at radius 2 is 1.79 bits per heavy atom. The lowest BCUT2D eigenvalue weighted by molar-refractivity contribution is -0.142. The van der Waals surface area contributed by atoms with E-state index in [1.165, 1.54) is 0 Å². The lowest BCUT2D eigenvalue weighted by Gasteiger charge is -2.30. The molecule has 0 atom stereocenters. The zero-order valence-electron chi connectivity index (χ0n) is 14.5. The van der Waals surface area contributed by atoms with Gasteiger partial charge in [-0.3, -0.25) is 20.4 Å². The fourth-order valence-electron chi connectivity index (χ4n) is 1.96. The van der Waals surface area contributed by atoms with E-state index in [4.69, 9.17) is 9.47 Å². The van der Waals surface area contributed by atoms with E-state index < -0.39 is 17.4 Å². The number of amides is 1. The van der Waals surface area contributed by atoms with Crippen LogP contribution in [0.3, 0.4) is 0 Å². The Morgan fingerprint density at radius 1 is 1.12 bits per heavy atom. The molecule has 0 bridgehead atoms. The Labute approximate surface area is 140 Å². The van der Waals surface area contributed by atoms with Gasteiger partial charge in [0.2, 0.25) is 5.91 Å². The molecule has 134 valence electrons.